The molecule has 0 radical (unpaired) electrons. The maximum atomic E-state index is 12.0. The van der Waals surface area contributed by atoms with Gasteiger partial charge in [-0.15, -0.1) is 0 Å². The molecule has 2 rings (SSSR count). The van der Waals surface area contributed by atoms with Gasteiger partial charge in [0.1, 0.15) is 11.1 Å². The molecule has 0 saturated heterocycles. The number of carbonyl (C=O) groups is 2. The van der Waals surface area contributed by atoms with Gasteiger partial charge in [-0.25, -0.2) is 0 Å². The molecular weight excluding hydrogens is 270 g/mol. The first-order valence-electron chi connectivity index (χ1n) is 6.52. The lowest BCUT2D eigenvalue weighted by molar-refractivity contribution is -0.142. The van der Waals surface area contributed by atoms with Crippen LogP contribution in [0.25, 0.3) is 0 Å². The van der Waals surface area contributed by atoms with Gasteiger partial charge in [-0.2, -0.15) is 5.10 Å². The normalized spacial score (nSPS) is 13.4. The van der Waals surface area contributed by atoms with Gasteiger partial charge in [-0.3, -0.25) is 14.7 Å². The Kier molecular flexibility index (Phi) is 4.07. The molecule has 0 aliphatic heterocycles. The minimum Gasteiger partial charge on any atom is -0.481 e. The van der Waals surface area contributed by atoms with Crippen LogP contribution in [-0.2, 0) is 10.2 Å². The van der Waals surface area contributed by atoms with Gasteiger partial charge in [-0.1, -0.05) is 30.3 Å². The van der Waals surface area contributed by atoms with Crippen LogP contribution in [0.3, 0.4) is 0 Å². The monoisotopic (exact) mass is 287 g/mol. The van der Waals surface area contributed by atoms with Crippen LogP contribution in [-0.4, -0.2) is 33.7 Å². The molecule has 2 aromatic rings. The molecule has 1 amide bonds. The molecule has 0 bridgehead atoms. The van der Waals surface area contributed by atoms with Crippen molar-refractivity contribution in [2.24, 2.45) is 0 Å². The second-order valence-corrected chi connectivity index (χ2v) is 5.12. The Bertz CT molecular complexity index is 651. The second kappa shape index (κ2) is 5.78. The summed E-state index contributed by atoms with van der Waals surface area (Å²) in [5, 5.41) is 18.7. The van der Waals surface area contributed by atoms with Gasteiger partial charge in [0.25, 0.3) is 5.91 Å². The van der Waals surface area contributed by atoms with E-state index >= 15 is 0 Å². The summed E-state index contributed by atoms with van der Waals surface area (Å²) in [5.74, 6) is -1.39. The van der Waals surface area contributed by atoms with Gasteiger partial charge >= 0.3 is 5.97 Å². The molecule has 0 fully saturated rings. The molecular formula is C15H17N3O3. The highest BCUT2D eigenvalue weighted by atomic mass is 16.4. The minimum absolute atomic E-state index is 0.0168. The van der Waals surface area contributed by atoms with Crippen LogP contribution < -0.4 is 5.32 Å². The maximum Gasteiger partial charge on any atom is 0.315 e. The summed E-state index contributed by atoms with van der Waals surface area (Å²) in [6, 6.07) is 10.4. The zero-order valence-electron chi connectivity index (χ0n) is 11.9. The van der Waals surface area contributed by atoms with E-state index in [9.17, 15) is 14.7 Å². The van der Waals surface area contributed by atoms with Crippen LogP contribution >= 0.6 is 0 Å². The topological polar surface area (TPSA) is 95.1 Å². The summed E-state index contributed by atoms with van der Waals surface area (Å²) in [6.45, 7) is 3.35. The summed E-state index contributed by atoms with van der Waals surface area (Å²) in [5.41, 5.74) is 0.455. The van der Waals surface area contributed by atoms with Gasteiger partial charge < -0.3 is 10.4 Å². The van der Waals surface area contributed by atoms with Crippen LogP contribution in [0, 0.1) is 6.92 Å². The van der Waals surface area contributed by atoms with Crippen LogP contribution in [0.1, 0.15) is 28.7 Å². The van der Waals surface area contributed by atoms with Crippen molar-refractivity contribution in [2.45, 2.75) is 19.3 Å². The quantitative estimate of drug-likeness (QED) is 0.776. The highest BCUT2D eigenvalue weighted by Gasteiger charge is 2.35. The molecule has 0 aliphatic rings. The number of carboxylic acid groups (broad SMARTS) is 1. The lowest BCUT2D eigenvalue weighted by Crippen LogP contribution is -2.44. The number of carboxylic acids is 1. The maximum absolute atomic E-state index is 12.0. The predicted molar refractivity (Wildman–Crippen MR) is 77.1 cm³/mol. The number of aromatic amines is 1. The van der Waals surface area contributed by atoms with E-state index in [1.807, 2.05) is 6.07 Å². The van der Waals surface area contributed by atoms with Crippen LogP contribution in [0.5, 0.6) is 0 Å². The number of hydrogen-bond acceptors (Lipinski definition) is 3. The van der Waals surface area contributed by atoms with Gasteiger partial charge in [-0.05, 0) is 25.5 Å². The molecule has 0 spiro atoms. The number of H-pyrrole nitrogens is 1. The van der Waals surface area contributed by atoms with Crippen molar-refractivity contribution in [1.29, 1.82) is 0 Å². The Morgan fingerprint density at radius 3 is 2.52 bits per heavy atom. The number of aromatic nitrogens is 2. The number of amides is 1. The van der Waals surface area contributed by atoms with Gasteiger partial charge in [0.15, 0.2) is 0 Å². The number of aliphatic carboxylic acids is 1. The number of benzene rings is 1. The minimum atomic E-state index is -1.19. The first-order chi connectivity index (χ1) is 9.93. The molecule has 0 aliphatic carbocycles. The zero-order valence-corrected chi connectivity index (χ0v) is 11.9. The standard InChI is InChI=1S/C15H17N3O3/c1-10-8-12(18-17-10)13(19)16-9-15(2,14(20)21)11-6-4-3-5-7-11/h3-8H,9H2,1-2H3,(H,16,19)(H,17,18)(H,20,21). The van der Waals surface area contributed by atoms with Gasteiger partial charge in [0.2, 0.25) is 0 Å². The van der Waals surface area contributed by atoms with Crippen LogP contribution in [0.2, 0.25) is 0 Å². The highest BCUT2D eigenvalue weighted by Crippen LogP contribution is 2.23. The summed E-state index contributed by atoms with van der Waals surface area (Å²) in [6.07, 6.45) is 0. The Balaban J connectivity index is 2.14. The fourth-order valence-electron chi connectivity index (χ4n) is 1.99. The SMILES string of the molecule is Cc1cc(C(=O)NCC(C)(C(=O)O)c2ccccc2)n[nH]1. The number of carbonyl (C=O) groups excluding carboxylic acids is 1. The first kappa shape index (κ1) is 14.8. The molecule has 0 saturated carbocycles. The number of nitrogens with one attached hydrogen (secondary N) is 2. The molecule has 1 unspecified atom stereocenters. The third-order valence-corrected chi connectivity index (χ3v) is 3.42. The lowest BCUT2D eigenvalue weighted by atomic mass is 9.82. The molecule has 110 valence electrons. The van der Waals surface area contributed by atoms with Crippen molar-refractivity contribution in [3.8, 4) is 0 Å². The van der Waals surface area contributed by atoms with Crippen LogP contribution in [0.15, 0.2) is 36.4 Å². The average molecular weight is 287 g/mol. The first-order valence-corrected chi connectivity index (χ1v) is 6.52. The summed E-state index contributed by atoms with van der Waals surface area (Å²) in [7, 11) is 0. The summed E-state index contributed by atoms with van der Waals surface area (Å²) >= 11 is 0. The second-order valence-electron chi connectivity index (χ2n) is 5.12. The van der Waals surface area contributed by atoms with E-state index in [1.165, 1.54) is 0 Å². The van der Waals surface area contributed by atoms with E-state index in [-0.39, 0.29) is 12.2 Å². The van der Waals surface area contributed by atoms with Crippen molar-refractivity contribution in [3.05, 3.63) is 53.3 Å². The third kappa shape index (κ3) is 3.10. The molecule has 21 heavy (non-hydrogen) atoms. The largest absolute Gasteiger partial charge is 0.481 e. The molecule has 1 heterocycles. The van der Waals surface area contributed by atoms with E-state index in [0.29, 0.717) is 5.56 Å². The van der Waals surface area contributed by atoms with Crippen molar-refractivity contribution in [3.63, 3.8) is 0 Å². The number of rotatable bonds is 5. The van der Waals surface area contributed by atoms with E-state index in [0.717, 1.165) is 5.69 Å². The molecule has 6 nitrogen and oxygen atoms in total. The molecule has 1 aromatic carbocycles. The van der Waals surface area contributed by atoms with E-state index in [2.05, 4.69) is 15.5 Å². The summed E-state index contributed by atoms with van der Waals surface area (Å²) in [4.78, 5) is 23.6. The Labute approximate surface area is 122 Å². The number of hydrogen-bond donors (Lipinski definition) is 3. The number of aryl methyl sites for hydroxylation is 1. The summed E-state index contributed by atoms with van der Waals surface area (Å²) < 4.78 is 0. The van der Waals surface area contributed by atoms with Crippen molar-refractivity contribution in [1.82, 2.24) is 15.5 Å². The van der Waals surface area contributed by atoms with Gasteiger partial charge in [0, 0.05) is 12.2 Å². The Hall–Kier alpha value is -2.63. The lowest BCUT2D eigenvalue weighted by Gasteiger charge is -2.25. The number of nitrogens with zero attached hydrogens (tertiary/aromatic N) is 1. The van der Waals surface area contributed by atoms with Crippen molar-refractivity contribution < 1.29 is 14.7 Å². The van der Waals surface area contributed by atoms with Crippen molar-refractivity contribution >= 4 is 11.9 Å². The highest BCUT2D eigenvalue weighted by molar-refractivity contribution is 5.93. The average Bonchev–Trinajstić information content (AvgIpc) is 2.91. The van der Waals surface area contributed by atoms with E-state index in [4.69, 9.17) is 0 Å². The molecule has 1 aromatic heterocycles. The Morgan fingerprint density at radius 1 is 1.33 bits per heavy atom. The van der Waals surface area contributed by atoms with Gasteiger partial charge in [0.05, 0.1) is 0 Å². The van der Waals surface area contributed by atoms with E-state index in [1.54, 1.807) is 44.2 Å². The smallest absolute Gasteiger partial charge is 0.315 e. The van der Waals surface area contributed by atoms with Crippen LogP contribution in [0.4, 0.5) is 0 Å². The Morgan fingerprint density at radius 2 is 2.00 bits per heavy atom. The fourth-order valence-corrected chi connectivity index (χ4v) is 1.99. The zero-order chi connectivity index (χ0) is 15.5. The van der Waals surface area contributed by atoms with Crippen molar-refractivity contribution in [2.75, 3.05) is 6.54 Å². The molecule has 1 atom stereocenters. The molecule has 6 heteroatoms. The fraction of sp³-hybridized carbons (Fsp3) is 0.267. The van der Waals surface area contributed by atoms with E-state index < -0.39 is 17.3 Å². The molecule has 3 N–H and O–H groups in total. The predicted octanol–water partition coefficient (Wildman–Crippen LogP) is 1.49. The third-order valence-electron chi connectivity index (χ3n) is 3.42.